The molecule has 0 spiro atoms. The van der Waals surface area contributed by atoms with Crippen molar-refractivity contribution in [1.29, 1.82) is 0 Å². The molecular formula is C14H27N3S. The maximum Gasteiger partial charge on any atom is 0.185 e. The van der Waals surface area contributed by atoms with Crippen LogP contribution in [0.25, 0.3) is 0 Å². The molecule has 0 aromatic carbocycles. The minimum absolute atomic E-state index is 0.418. The number of hydrogen-bond donors (Lipinski definition) is 1. The Morgan fingerprint density at radius 1 is 1.33 bits per heavy atom. The molecule has 0 aliphatic rings. The first-order valence-electron chi connectivity index (χ1n) is 7.16. The number of rotatable bonds is 9. The van der Waals surface area contributed by atoms with E-state index in [1.807, 2.05) is 17.5 Å². The Hall–Kier alpha value is -0.610. The second-order valence-electron chi connectivity index (χ2n) is 4.65. The number of unbranched alkanes of at least 4 members (excludes halogenated alkanes) is 1. The first kappa shape index (κ1) is 15.4. The summed E-state index contributed by atoms with van der Waals surface area (Å²) in [4.78, 5) is 8.29. The highest BCUT2D eigenvalue weighted by Gasteiger charge is 2.12. The van der Waals surface area contributed by atoms with Gasteiger partial charge in [-0.3, -0.25) is 0 Å². The van der Waals surface area contributed by atoms with Gasteiger partial charge >= 0.3 is 0 Å². The van der Waals surface area contributed by atoms with E-state index in [0.29, 0.717) is 6.04 Å². The standard InChI is InChI=1S/C14H27N3S/c1-5-8-10-17(7-3)14-16-11-13(18-14)12(4)15-9-6-2/h11-12,15H,5-10H2,1-4H3. The Morgan fingerprint density at radius 3 is 2.72 bits per heavy atom. The molecule has 18 heavy (non-hydrogen) atoms. The number of nitrogens with zero attached hydrogens (tertiary/aromatic N) is 2. The molecule has 1 heterocycles. The third kappa shape index (κ3) is 4.58. The zero-order valence-corrected chi connectivity index (χ0v) is 13.0. The molecule has 1 N–H and O–H groups in total. The lowest BCUT2D eigenvalue weighted by molar-refractivity contribution is 0.577. The summed E-state index contributed by atoms with van der Waals surface area (Å²) < 4.78 is 0. The lowest BCUT2D eigenvalue weighted by atomic mass is 10.3. The highest BCUT2D eigenvalue weighted by molar-refractivity contribution is 7.15. The Labute approximate surface area is 116 Å². The van der Waals surface area contributed by atoms with Gasteiger partial charge in [0.25, 0.3) is 0 Å². The summed E-state index contributed by atoms with van der Waals surface area (Å²) in [6.45, 7) is 12.1. The van der Waals surface area contributed by atoms with E-state index >= 15 is 0 Å². The van der Waals surface area contributed by atoms with Gasteiger partial charge in [0.05, 0.1) is 0 Å². The molecule has 0 aliphatic carbocycles. The predicted octanol–water partition coefficient (Wildman–Crippen LogP) is 3.83. The highest BCUT2D eigenvalue weighted by Crippen LogP contribution is 2.27. The molecule has 1 rings (SSSR count). The van der Waals surface area contributed by atoms with Crippen molar-refractivity contribution in [2.75, 3.05) is 24.5 Å². The molecule has 0 saturated heterocycles. The van der Waals surface area contributed by atoms with Gasteiger partial charge in [-0.15, -0.1) is 11.3 Å². The molecule has 1 aromatic heterocycles. The average molecular weight is 269 g/mol. The van der Waals surface area contributed by atoms with Crippen molar-refractivity contribution >= 4 is 16.5 Å². The summed E-state index contributed by atoms with van der Waals surface area (Å²) in [6.07, 6.45) is 5.69. The fourth-order valence-corrected chi connectivity index (χ4v) is 2.85. The summed E-state index contributed by atoms with van der Waals surface area (Å²) in [7, 11) is 0. The summed E-state index contributed by atoms with van der Waals surface area (Å²) in [5.41, 5.74) is 0. The summed E-state index contributed by atoms with van der Waals surface area (Å²) >= 11 is 1.83. The van der Waals surface area contributed by atoms with Gasteiger partial charge in [-0.1, -0.05) is 20.3 Å². The van der Waals surface area contributed by atoms with Crippen LogP contribution in [0.5, 0.6) is 0 Å². The molecule has 0 aliphatic heterocycles. The van der Waals surface area contributed by atoms with Crippen LogP contribution in [0.2, 0.25) is 0 Å². The number of anilines is 1. The van der Waals surface area contributed by atoms with Crippen LogP contribution in [0, 0.1) is 0 Å². The van der Waals surface area contributed by atoms with Crippen LogP contribution < -0.4 is 10.2 Å². The molecule has 1 unspecified atom stereocenters. The van der Waals surface area contributed by atoms with E-state index in [1.54, 1.807) is 0 Å². The van der Waals surface area contributed by atoms with Gasteiger partial charge in [-0.2, -0.15) is 0 Å². The monoisotopic (exact) mass is 269 g/mol. The van der Waals surface area contributed by atoms with E-state index in [-0.39, 0.29) is 0 Å². The number of nitrogens with one attached hydrogen (secondary N) is 1. The third-order valence-corrected chi connectivity index (χ3v) is 4.31. The van der Waals surface area contributed by atoms with Crippen LogP contribution in [-0.4, -0.2) is 24.6 Å². The summed E-state index contributed by atoms with van der Waals surface area (Å²) in [6, 6.07) is 0.418. The fraction of sp³-hybridized carbons (Fsp3) is 0.786. The van der Waals surface area contributed by atoms with Crippen molar-refractivity contribution < 1.29 is 0 Å². The minimum Gasteiger partial charge on any atom is -0.348 e. The molecule has 0 fully saturated rings. The van der Waals surface area contributed by atoms with Crippen LogP contribution in [0.1, 0.15) is 57.9 Å². The average Bonchev–Trinajstić information content (AvgIpc) is 2.86. The van der Waals surface area contributed by atoms with Crippen LogP contribution >= 0.6 is 11.3 Å². The molecule has 0 saturated carbocycles. The van der Waals surface area contributed by atoms with Crippen LogP contribution in [-0.2, 0) is 0 Å². The summed E-state index contributed by atoms with van der Waals surface area (Å²) in [5, 5.41) is 4.69. The number of aromatic nitrogens is 1. The molecule has 1 atom stereocenters. The first-order chi connectivity index (χ1) is 8.72. The van der Waals surface area contributed by atoms with Crippen molar-refractivity contribution in [2.45, 2.75) is 53.0 Å². The van der Waals surface area contributed by atoms with E-state index in [1.165, 1.54) is 29.3 Å². The topological polar surface area (TPSA) is 28.2 Å². The molecule has 0 bridgehead atoms. The smallest absolute Gasteiger partial charge is 0.185 e. The van der Waals surface area contributed by atoms with Crippen LogP contribution in [0.15, 0.2) is 6.20 Å². The first-order valence-corrected chi connectivity index (χ1v) is 7.98. The SMILES string of the molecule is CCCCN(CC)c1ncc(C(C)NCCC)s1. The molecular weight excluding hydrogens is 242 g/mol. The normalized spacial score (nSPS) is 12.7. The van der Waals surface area contributed by atoms with Gasteiger partial charge in [-0.05, 0) is 33.2 Å². The molecule has 3 nitrogen and oxygen atoms in total. The maximum atomic E-state index is 4.57. The van der Waals surface area contributed by atoms with E-state index < -0.39 is 0 Å². The Morgan fingerprint density at radius 2 is 2.11 bits per heavy atom. The zero-order chi connectivity index (χ0) is 13.4. The second-order valence-corrected chi connectivity index (χ2v) is 5.69. The molecule has 104 valence electrons. The molecule has 0 amide bonds. The Kier molecular flexibility index (Phi) is 7.28. The lowest BCUT2D eigenvalue weighted by Crippen LogP contribution is -2.23. The number of hydrogen-bond acceptors (Lipinski definition) is 4. The minimum atomic E-state index is 0.418. The predicted molar refractivity (Wildman–Crippen MR) is 81.6 cm³/mol. The van der Waals surface area contributed by atoms with Crippen molar-refractivity contribution in [1.82, 2.24) is 10.3 Å². The molecule has 4 heteroatoms. The zero-order valence-electron chi connectivity index (χ0n) is 12.2. The van der Waals surface area contributed by atoms with E-state index in [9.17, 15) is 0 Å². The van der Waals surface area contributed by atoms with E-state index in [2.05, 4.69) is 42.9 Å². The van der Waals surface area contributed by atoms with Gasteiger partial charge in [0, 0.05) is 30.2 Å². The summed E-state index contributed by atoms with van der Waals surface area (Å²) in [5.74, 6) is 0. The van der Waals surface area contributed by atoms with Gasteiger partial charge in [0.1, 0.15) is 0 Å². The second kappa shape index (κ2) is 8.48. The highest BCUT2D eigenvalue weighted by atomic mass is 32.1. The van der Waals surface area contributed by atoms with Crippen LogP contribution in [0.3, 0.4) is 0 Å². The maximum absolute atomic E-state index is 4.57. The molecule has 0 radical (unpaired) electrons. The van der Waals surface area contributed by atoms with Gasteiger partial charge in [0.15, 0.2) is 5.13 Å². The fourth-order valence-electron chi connectivity index (χ4n) is 1.82. The molecule has 1 aromatic rings. The number of thiazole rings is 1. The lowest BCUT2D eigenvalue weighted by Gasteiger charge is -2.19. The van der Waals surface area contributed by atoms with Crippen LogP contribution in [0.4, 0.5) is 5.13 Å². The van der Waals surface area contributed by atoms with Crippen molar-refractivity contribution in [2.24, 2.45) is 0 Å². The van der Waals surface area contributed by atoms with Crippen molar-refractivity contribution in [3.05, 3.63) is 11.1 Å². The van der Waals surface area contributed by atoms with Gasteiger partial charge in [0.2, 0.25) is 0 Å². The van der Waals surface area contributed by atoms with Gasteiger partial charge < -0.3 is 10.2 Å². The van der Waals surface area contributed by atoms with E-state index in [4.69, 9.17) is 0 Å². The largest absolute Gasteiger partial charge is 0.348 e. The van der Waals surface area contributed by atoms with Gasteiger partial charge in [-0.25, -0.2) is 4.98 Å². The third-order valence-electron chi connectivity index (χ3n) is 3.07. The Bertz CT molecular complexity index is 325. The van der Waals surface area contributed by atoms with E-state index in [0.717, 1.165) is 19.6 Å². The van der Waals surface area contributed by atoms with Crippen molar-refractivity contribution in [3.8, 4) is 0 Å². The Balaban J connectivity index is 2.59. The van der Waals surface area contributed by atoms with Crippen molar-refractivity contribution in [3.63, 3.8) is 0 Å². The quantitative estimate of drug-likeness (QED) is 0.738.